The molecule has 2 fully saturated rings. The van der Waals surface area contributed by atoms with Crippen LogP contribution in [0.5, 0.6) is 11.5 Å². The van der Waals surface area contributed by atoms with Gasteiger partial charge in [-0.15, -0.1) is 0 Å². The number of carboxylic acids is 1. The smallest absolute Gasteiger partial charge is 0.335 e. The Morgan fingerprint density at radius 1 is 1.07 bits per heavy atom. The van der Waals surface area contributed by atoms with Gasteiger partial charge in [0, 0.05) is 10.2 Å². The number of carboxylic acid groups (broad SMARTS) is 1. The van der Waals surface area contributed by atoms with Crippen molar-refractivity contribution in [2.75, 3.05) is 19.5 Å². The molecule has 0 amide bonds. The molecule has 2 saturated carbocycles. The van der Waals surface area contributed by atoms with Gasteiger partial charge in [-0.25, -0.2) is 4.79 Å². The van der Waals surface area contributed by atoms with Gasteiger partial charge >= 0.3 is 5.97 Å². The van der Waals surface area contributed by atoms with Crippen LogP contribution in [0.3, 0.4) is 0 Å². The van der Waals surface area contributed by atoms with Crippen LogP contribution < -0.4 is 14.8 Å². The van der Waals surface area contributed by atoms with Crippen molar-refractivity contribution in [2.45, 2.75) is 31.2 Å². The van der Waals surface area contributed by atoms with E-state index in [0.29, 0.717) is 35.0 Å². The SMILES string of the molecule is COc1cc(Br)c(C2Nc3ccc(C(=O)O)cc3C3C4CCC(C4)C23)cc1OC. The van der Waals surface area contributed by atoms with E-state index in [2.05, 4.69) is 27.3 Å². The molecule has 0 radical (unpaired) electrons. The van der Waals surface area contributed by atoms with E-state index in [1.165, 1.54) is 24.8 Å². The summed E-state index contributed by atoms with van der Waals surface area (Å²) in [5.74, 6) is 2.70. The van der Waals surface area contributed by atoms with Gasteiger partial charge in [0.25, 0.3) is 0 Å². The molecule has 2 aromatic rings. The van der Waals surface area contributed by atoms with E-state index < -0.39 is 5.97 Å². The predicted octanol–water partition coefficient (Wildman–Crippen LogP) is 5.46. The van der Waals surface area contributed by atoms with Crippen LogP contribution >= 0.6 is 15.9 Å². The highest BCUT2D eigenvalue weighted by atomic mass is 79.9. The van der Waals surface area contributed by atoms with E-state index in [1.807, 2.05) is 18.2 Å². The molecule has 2 aromatic carbocycles. The largest absolute Gasteiger partial charge is 0.493 e. The van der Waals surface area contributed by atoms with E-state index in [9.17, 15) is 9.90 Å². The summed E-state index contributed by atoms with van der Waals surface area (Å²) in [7, 11) is 3.30. The van der Waals surface area contributed by atoms with Crippen LogP contribution in [0.1, 0.15) is 52.7 Å². The van der Waals surface area contributed by atoms with E-state index in [4.69, 9.17) is 9.47 Å². The molecule has 2 N–H and O–H groups in total. The van der Waals surface area contributed by atoms with Crippen molar-refractivity contribution >= 4 is 27.6 Å². The number of fused-ring (bicyclic) bond motifs is 7. The van der Waals surface area contributed by atoms with Gasteiger partial charge in [0.2, 0.25) is 0 Å². The first-order valence-corrected chi connectivity index (χ1v) is 10.9. The zero-order valence-electron chi connectivity index (χ0n) is 16.4. The van der Waals surface area contributed by atoms with Crippen molar-refractivity contribution < 1.29 is 19.4 Å². The highest BCUT2D eigenvalue weighted by Crippen LogP contribution is 2.64. The Kier molecular flexibility index (Phi) is 4.50. The number of carbonyl (C=O) groups is 1. The van der Waals surface area contributed by atoms with Gasteiger partial charge in [-0.2, -0.15) is 0 Å². The molecule has 0 aromatic heterocycles. The minimum atomic E-state index is -0.864. The van der Waals surface area contributed by atoms with Crippen molar-refractivity contribution in [3.8, 4) is 11.5 Å². The molecule has 6 heteroatoms. The maximum Gasteiger partial charge on any atom is 0.335 e. The number of aromatic carboxylic acids is 1. The molecule has 0 spiro atoms. The van der Waals surface area contributed by atoms with Gasteiger partial charge in [0.15, 0.2) is 11.5 Å². The van der Waals surface area contributed by atoms with Crippen molar-refractivity contribution in [2.24, 2.45) is 17.8 Å². The van der Waals surface area contributed by atoms with Gasteiger partial charge in [-0.1, -0.05) is 15.9 Å². The standard InChI is InChI=1S/C23H24BrNO4/c1-28-18-9-14(16(24)10-19(18)29-2)22-21-12-4-3-11(7-12)20(21)15-8-13(23(26)27)5-6-17(15)25-22/h5-6,8-12,20-22,25H,3-4,7H2,1-2H3,(H,26,27). The number of methoxy groups -OCH3 is 2. The maximum atomic E-state index is 11.5. The van der Waals surface area contributed by atoms with Gasteiger partial charge < -0.3 is 19.9 Å². The molecule has 29 heavy (non-hydrogen) atoms. The maximum absolute atomic E-state index is 11.5. The summed E-state index contributed by atoms with van der Waals surface area (Å²) in [6.45, 7) is 0. The highest BCUT2D eigenvalue weighted by Gasteiger charge is 2.54. The zero-order chi connectivity index (χ0) is 20.3. The Balaban J connectivity index is 1.63. The number of ether oxygens (including phenoxy) is 2. The van der Waals surface area contributed by atoms with Gasteiger partial charge in [-0.3, -0.25) is 0 Å². The molecule has 2 bridgehead atoms. The minimum Gasteiger partial charge on any atom is -0.493 e. The fourth-order valence-electron chi connectivity index (χ4n) is 6.04. The lowest BCUT2D eigenvalue weighted by atomic mass is 9.68. The molecule has 5 rings (SSSR count). The van der Waals surface area contributed by atoms with Crippen molar-refractivity contribution in [3.63, 3.8) is 0 Å². The monoisotopic (exact) mass is 457 g/mol. The summed E-state index contributed by atoms with van der Waals surface area (Å²) in [6.07, 6.45) is 3.72. The first kappa shape index (κ1) is 18.8. The highest BCUT2D eigenvalue weighted by molar-refractivity contribution is 9.10. The Bertz CT molecular complexity index is 991. The number of hydrogen-bond acceptors (Lipinski definition) is 4. The summed E-state index contributed by atoms with van der Waals surface area (Å²) < 4.78 is 12.0. The second-order valence-corrected chi connectivity index (χ2v) is 9.25. The molecule has 3 aliphatic rings. The first-order valence-electron chi connectivity index (χ1n) is 10.1. The topological polar surface area (TPSA) is 67.8 Å². The second-order valence-electron chi connectivity index (χ2n) is 8.39. The number of rotatable bonds is 4. The van der Waals surface area contributed by atoms with Crippen LogP contribution in [0, 0.1) is 17.8 Å². The third kappa shape index (κ3) is 2.83. The van der Waals surface area contributed by atoms with Crippen LogP contribution in [-0.4, -0.2) is 25.3 Å². The number of halogens is 1. The van der Waals surface area contributed by atoms with E-state index in [0.717, 1.165) is 21.5 Å². The van der Waals surface area contributed by atoms with Gasteiger partial charge in [0.1, 0.15) is 0 Å². The quantitative estimate of drug-likeness (QED) is 0.637. The number of anilines is 1. The van der Waals surface area contributed by atoms with E-state index in [1.54, 1.807) is 20.3 Å². The molecule has 1 aliphatic heterocycles. The summed E-state index contributed by atoms with van der Waals surface area (Å²) in [5.41, 5.74) is 3.77. The zero-order valence-corrected chi connectivity index (χ0v) is 18.0. The summed E-state index contributed by atoms with van der Waals surface area (Å²) in [5, 5.41) is 13.2. The van der Waals surface area contributed by atoms with Crippen LogP contribution in [0.15, 0.2) is 34.8 Å². The normalized spacial score (nSPS) is 29.0. The lowest BCUT2D eigenvalue weighted by Gasteiger charge is -2.44. The number of hydrogen-bond donors (Lipinski definition) is 2. The lowest BCUT2D eigenvalue weighted by molar-refractivity contribution is 0.0696. The molecule has 2 aliphatic carbocycles. The Morgan fingerprint density at radius 3 is 2.52 bits per heavy atom. The Morgan fingerprint density at radius 2 is 1.79 bits per heavy atom. The third-order valence-electron chi connectivity index (χ3n) is 7.17. The molecular weight excluding hydrogens is 434 g/mol. The average molecular weight is 458 g/mol. The van der Waals surface area contributed by atoms with Gasteiger partial charge in [0.05, 0.1) is 25.8 Å². The van der Waals surface area contributed by atoms with Crippen LogP contribution in [0.25, 0.3) is 0 Å². The molecule has 1 heterocycles. The molecule has 0 saturated heterocycles. The minimum absolute atomic E-state index is 0.146. The predicted molar refractivity (Wildman–Crippen MR) is 114 cm³/mol. The lowest BCUT2D eigenvalue weighted by Crippen LogP contribution is -2.35. The average Bonchev–Trinajstić information content (AvgIpc) is 3.35. The van der Waals surface area contributed by atoms with Crippen LogP contribution in [0.4, 0.5) is 5.69 Å². The summed E-state index contributed by atoms with van der Waals surface area (Å²) >= 11 is 3.75. The number of benzene rings is 2. The van der Waals surface area contributed by atoms with Crippen molar-refractivity contribution in [1.82, 2.24) is 0 Å². The molecule has 5 atom stereocenters. The molecule has 5 nitrogen and oxygen atoms in total. The van der Waals surface area contributed by atoms with Crippen molar-refractivity contribution in [1.29, 1.82) is 0 Å². The Labute approximate surface area is 178 Å². The van der Waals surface area contributed by atoms with Crippen LogP contribution in [0.2, 0.25) is 0 Å². The second kappa shape index (κ2) is 6.94. The van der Waals surface area contributed by atoms with E-state index in [-0.39, 0.29) is 6.04 Å². The molecule has 152 valence electrons. The number of nitrogens with one attached hydrogen (secondary N) is 1. The van der Waals surface area contributed by atoms with Crippen LogP contribution in [-0.2, 0) is 0 Å². The Hall–Kier alpha value is -2.21. The third-order valence-corrected chi connectivity index (χ3v) is 7.86. The summed E-state index contributed by atoms with van der Waals surface area (Å²) in [6, 6.07) is 9.71. The first-order chi connectivity index (χ1) is 14.0. The van der Waals surface area contributed by atoms with Crippen molar-refractivity contribution in [3.05, 3.63) is 51.5 Å². The van der Waals surface area contributed by atoms with Gasteiger partial charge in [-0.05, 0) is 84.4 Å². The molecule has 5 unspecified atom stereocenters. The van der Waals surface area contributed by atoms with E-state index >= 15 is 0 Å². The summed E-state index contributed by atoms with van der Waals surface area (Å²) in [4.78, 5) is 11.5. The fraction of sp³-hybridized carbons (Fsp3) is 0.435. The molecular formula is C23H24BrNO4. The fourth-order valence-corrected chi connectivity index (χ4v) is 6.61.